The topological polar surface area (TPSA) is 41.4 Å². The van der Waals surface area contributed by atoms with Crippen molar-refractivity contribution in [2.75, 3.05) is 19.6 Å². The van der Waals surface area contributed by atoms with Crippen LogP contribution in [0.2, 0.25) is 0 Å². The number of aromatic nitrogens is 1. The van der Waals surface area contributed by atoms with Crippen LogP contribution in [-0.4, -0.2) is 30.2 Å². The summed E-state index contributed by atoms with van der Waals surface area (Å²) in [6, 6.07) is 4.11. The van der Waals surface area contributed by atoms with Crippen molar-refractivity contribution in [1.29, 1.82) is 0 Å². The van der Waals surface area contributed by atoms with Gasteiger partial charge in [0.05, 0.1) is 0 Å². The first kappa shape index (κ1) is 15.7. The summed E-state index contributed by atoms with van der Waals surface area (Å²) < 4.78 is 2.17. The van der Waals surface area contributed by atoms with Crippen molar-refractivity contribution in [1.82, 2.24) is 15.2 Å². The van der Waals surface area contributed by atoms with Crippen molar-refractivity contribution in [3.8, 4) is 0 Å². The van der Waals surface area contributed by atoms with Crippen molar-refractivity contribution >= 4 is 5.96 Å². The molecular weight excluding hydrogens is 260 g/mol. The van der Waals surface area contributed by atoms with E-state index in [0.29, 0.717) is 0 Å². The van der Waals surface area contributed by atoms with Crippen molar-refractivity contribution in [2.24, 2.45) is 4.99 Å². The first-order valence-electron chi connectivity index (χ1n) is 8.19. The minimum Gasteiger partial charge on any atom is -0.357 e. The molecule has 1 aromatic heterocycles. The second-order valence-corrected chi connectivity index (χ2v) is 5.47. The molecule has 4 heteroatoms. The Hall–Kier alpha value is -1.71. The van der Waals surface area contributed by atoms with Gasteiger partial charge in [0.25, 0.3) is 0 Å². The molecule has 0 saturated carbocycles. The van der Waals surface area contributed by atoms with Crippen molar-refractivity contribution in [3.63, 3.8) is 0 Å². The molecule has 116 valence electrons. The molecule has 1 aromatic rings. The number of allylic oxidation sites excluding steroid dienone is 1. The fourth-order valence-corrected chi connectivity index (χ4v) is 2.61. The molecule has 0 atom stereocenters. The van der Waals surface area contributed by atoms with Gasteiger partial charge in [-0.3, -0.25) is 4.99 Å². The van der Waals surface area contributed by atoms with Crippen molar-refractivity contribution in [3.05, 3.63) is 36.2 Å². The minimum absolute atomic E-state index is 0.880. The normalized spacial score (nSPS) is 15.7. The van der Waals surface area contributed by atoms with E-state index in [4.69, 9.17) is 0 Å². The van der Waals surface area contributed by atoms with Gasteiger partial charge in [-0.25, -0.2) is 0 Å². The Morgan fingerprint density at radius 3 is 2.81 bits per heavy atom. The van der Waals surface area contributed by atoms with Gasteiger partial charge in [0.2, 0.25) is 0 Å². The lowest BCUT2D eigenvalue weighted by atomic mass is 9.97. The molecule has 2 N–H and O–H groups in total. The van der Waals surface area contributed by atoms with Gasteiger partial charge in [0, 0.05) is 38.6 Å². The van der Waals surface area contributed by atoms with Crippen molar-refractivity contribution in [2.45, 2.75) is 45.6 Å². The Kier molecular flexibility index (Phi) is 6.92. The number of nitrogens with one attached hydrogen (secondary N) is 2. The Morgan fingerprint density at radius 1 is 1.24 bits per heavy atom. The molecule has 0 bridgehead atoms. The maximum atomic E-state index is 4.67. The predicted octanol–water partition coefficient (Wildman–Crippen LogP) is 2.93. The van der Waals surface area contributed by atoms with Gasteiger partial charge >= 0.3 is 0 Å². The van der Waals surface area contributed by atoms with E-state index in [-0.39, 0.29) is 0 Å². The van der Waals surface area contributed by atoms with Gasteiger partial charge in [-0.2, -0.15) is 0 Å². The molecule has 2 rings (SSSR count). The Morgan fingerprint density at radius 2 is 2.10 bits per heavy atom. The van der Waals surface area contributed by atoms with Crippen LogP contribution in [0.1, 0.15) is 39.0 Å². The highest BCUT2D eigenvalue weighted by Crippen LogP contribution is 2.19. The van der Waals surface area contributed by atoms with Gasteiger partial charge in [0.15, 0.2) is 5.96 Å². The molecule has 0 spiro atoms. The van der Waals surface area contributed by atoms with Gasteiger partial charge in [-0.05, 0) is 51.2 Å². The van der Waals surface area contributed by atoms with Crippen LogP contribution >= 0.6 is 0 Å². The summed E-state index contributed by atoms with van der Waals surface area (Å²) in [5, 5.41) is 6.71. The van der Waals surface area contributed by atoms with Crippen LogP contribution in [-0.2, 0) is 6.54 Å². The second kappa shape index (κ2) is 9.27. The van der Waals surface area contributed by atoms with E-state index in [9.17, 15) is 0 Å². The summed E-state index contributed by atoms with van der Waals surface area (Å²) >= 11 is 0. The highest BCUT2D eigenvalue weighted by atomic mass is 15.2. The number of hydrogen-bond donors (Lipinski definition) is 2. The van der Waals surface area contributed by atoms with E-state index in [1.54, 1.807) is 5.57 Å². The van der Waals surface area contributed by atoms with Gasteiger partial charge in [-0.15, -0.1) is 0 Å². The Balaban J connectivity index is 1.71. The number of guanidine groups is 1. The van der Waals surface area contributed by atoms with Crippen LogP contribution in [0.15, 0.2) is 41.2 Å². The quantitative estimate of drug-likeness (QED) is 0.460. The van der Waals surface area contributed by atoms with Crippen LogP contribution in [0, 0.1) is 0 Å². The molecule has 0 aromatic carbocycles. The van der Waals surface area contributed by atoms with Gasteiger partial charge in [0.1, 0.15) is 0 Å². The maximum Gasteiger partial charge on any atom is 0.191 e. The summed E-state index contributed by atoms with van der Waals surface area (Å²) in [7, 11) is 0. The standard InChI is InChI=1S/C17H28N4/c1-2-18-17(20-12-15-21-13-6-7-14-21)19-11-10-16-8-4-3-5-9-16/h6-8,13-14H,2-5,9-12,15H2,1H3,(H2,18,19,20). The van der Waals surface area contributed by atoms with Crippen LogP contribution in [0.5, 0.6) is 0 Å². The third-order valence-corrected chi connectivity index (χ3v) is 3.76. The van der Waals surface area contributed by atoms with E-state index in [2.05, 4.69) is 57.7 Å². The summed E-state index contributed by atoms with van der Waals surface area (Å²) in [6.07, 6.45) is 12.9. The van der Waals surface area contributed by atoms with Gasteiger partial charge in [-0.1, -0.05) is 11.6 Å². The molecule has 1 aliphatic rings. The number of hydrogen-bond acceptors (Lipinski definition) is 1. The number of aliphatic imine (C=N–C) groups is 1. The van der Waals surface area contributed by atoms with Crippen LogP contribution in [0.4, 0.5) is 0 Å². The first-order chi connectivity index (χ1) is 10.4. The predicted molar refractivity (Wildman–Crippen MR) is 89.6 cm³/mol. The first-order valence-corrected chi connectivity index (χ1v) is 8.19. The maximum absolute atomic E-state index is 4.67. The number of nitrogens with zero attached hydrogens (tertiary/aromatic N) is 2. The average molecular weight is 288 g/mol. The zero-order chi connectivity index (χ0) is 14.8. The highest BCUT2D eigenvalue weighted by molar-refractivity contribution is 5.79. The molecule has 0 saturated heterocycles. The molecule has 21 heavy (non-hydrogen) atoms. The third kappa shape index (κ3) is 6.06. The van der Waals surface area contributed by atoms with E-state index in [0.717, 1.165) is 38.6 Å². The van der Waals surface area contributed by atoms with Crippen LogP contribution < -0.4 is 10.6 Å². The molecule has 0 unspecified atom stereocenters. The van der Waals surface area contributed by atoms with Crippen LogP contribution in [0.25, 0.3) is 0 Å². The lowest BCUT2D eigenvalue weighted by molar-refractivity contribution is 0.661. The third-order valence-electron chi connectivity index (χ3n) is 3.76. The zero-order valence-electron chi connectivity index (χ0n) is 13.1. The summed E-state index contributed by atoms with van der Waals surface area (Å²) in [5.74, 6) is 0.932. The Bertz CT molecular complexity index is 445. The van der Waals surface area contributed by atoms with Crippen LogP contribution in [0.3, 0.4) is 0 Å². The molecule has 1 heterocycles. The molecule has 0 amide bonds. The molecule has 0 aliphatic heterocycles. The largest absolute Gasteiger partial charge is 0.357 e. The SMILES string of the molecule is CCNC(=NCCC1=CCCCC1)NCCn1cccc1. The van der Waals surface area contributed by atoms with Crippen molar-refractivity contribution < 1.29 is 0 Å². The van der Waals surface area contributed by atoms with E-state index in [1.165, 1.54) is 25.7 Å². The smallest absolute Gasteiger partial charge is 0.191 e. The molecule has 0 radical (unpaired) electrons. The fraction of sp³-hybridized carbons (Fsp3) is 0.588. The molecular formula is C17H28N4. The van der Waals surface area contributed by atoms with E-state index >= 15 is 0 Å². The van der Waals surface area contributed by atoms with E-state index < -0.39 is 0 Å². The lowest BCUT2D eigenvalue weighted by Gasteiger charge is -2.13. The zero-order valence-corrected chi connectivity index (χ0v) is 13.1. The van der Waals surface area contributed by atoms with E-state index in [1.807, 2.05) is 0 Å². The summed E-state index contributed by atoms with van der Waals surface area (Å²) in [6.45, 7) is 5.74. The van der Waals surface area contributed by atoms with Gasteiger partial charge < -0.3 is 15.2 Å². The fourth-order valence-electron chi connectivity index (χ4n) is 2.61. The highest BCUT2D eigenvalue weighted by Gasteiger charge is 2.03. The molecule has 1 aliphatic carbocycles. The lowest BCUT2D eigenvalue weighted by Crippen LogP contribution is -2.38. The number of rotatable bonds is 7. The summed E-state index contributed by atoms with van der Waals surface area (Å²) in [5.41, 5.74) is 1.59. The second-order valence-electron chi connectivity index (χ2n) is 5.47. The molecule has 4 nitrogen and oxygen atoms in total. The summed E-state index contributed by atoms with van der Waals surface area (Å²) in [4.78, 5) is 4.67. The Labute approximate surface area is 128 Å². The monoisotopic (exact) mass is 288 g/mol. The minimum atomic E-state index is 0.880. The average Bonchev–Trinajstić information content (AvgIpc) is 3.02. The molecule has 0 fully saturated rings.